The topological polar surface area (TPSA) is 66.7 Å². The van der Waals surface area contributed by atoms with Crippen molar-refractivity contribution in [1.29, 1.82) is 0 Å². The highest BCUT2D eigenvalue weighted by atomic mass is 16.4. The molecule has 0 aromatic heterocycles. The molecular weight excluding hydrogens is 290 g/mol. The van der Waals surface area contributed by atoms with Gasteiger partial charge < -0.3 is 5.21 Å². The molecule has 0 aromatic carbocycles. The number of carbonyl (C=O) groups excluding carboxylic acids is 2. The van der Waals surface area contributed by atoms with Gasteiger partial charge in [-0.15, -0.1) is 0 Å². The Labute approximate surface area is 137 Å². The summed E-state index contributed by atoms with van der Waals surface area (Å²) in [7, 11) is 0. The third-order valence-electron chi connectivity index (χ3n) is 7.71. The van der Waals surface area contributed by atoms with Crippen LogP contribution in [0.2, 0.25) is 0 Å². The summed E-state index contributed by atoms with van der Waals surface area (Å²) in [6.45, 7) is 4.37. The maximum atomic E-state index is 12.4. The summed E-state index contributed by atoms with van der Waals surface area (Å²) < 4.78 is 0. The third-order valence-corrected chi connectivity index (χ3v) is 7.71. The highest BCUT2D eigenvalue weighted by Gasteiger charge is 2.61. The molecule has 23 heavy (non-hydrogen) atoms. The predicted molar refractivity (Wildman–Crippen MR) is 86.3 cm³/mol. The second-order valence-electron chi connectivity index (χ2n) is 8.51. The van der Waals surface area contributed by atoms with Crippen LogP contribution in [0.3, 0.4) is 0 Å². The zero-order chi connectivity index (χ0) is 16.4. The Kier molecular flexibility index (Phi) is 3.14. The van der Waals surface area contributed by atoms with Gasteiger partial charge in [0.15, 0.2) is 5.78 Å². The quantitative estimate of drug-likeness (QED) is 0.550. The largest absolute Gasteiger partial charge is 0.411 e. The van der Waals surface area contributed by atoms with E-state index >= 15 is 0 Å². The molecule has 4 heteroatoms. The zero-order valence-corrected chi connectivity index (χ0v) is 13.9. The van der Waals surface area contributed by atoms with Crippen molar-refractivity contribution >= 4 is 17.3 Å². The molecule has 0 bridgehead atoms. The van der Waals surface area contributed by atoms with E-state index in [4.69, 9.17) is 0 Å². The Balaban J connectivity index is 1.78. The first-order valence-electron chi connectivity index (χ1n) is 8.86. The van der Waals surface area contributed by atoms with E-state index in [9.17, 15) is 14.8 Å². The molecular formula is C19H25NO3. The lowest BCUT2D eigenvalue weighted by atomic mass is 9.46. The van der Waals surface area contributed by atoms with E-state index in [-0.39, 0.29) is 22.5 Å². The van der Waals surface area contributed by atoms with Gasteiger partial charge in [0.1, 0.15) is 5.78 Å². The Morgan fingerprint density at radius 2 is 1.96 bits per heavy atom. The van der Waals surface area contributed by atoms with Crippen molar-refractivity contribution in [2.45, 2.75) is 52.4 Å². The molecule has 0 spiro atoms. The van der Waals surface area contributed by atoms with E-state index in [0.29, 0.717) is 36.4 Å². The summed E-state index contributed by atoms with van der Waals surface area (Å²) in [6.07, 6.45) is 8.67. The smallest absolute Gasteiger partial charge is 0.156 e. The highest BCUT2D eigenvalue weighted by molar-refractivity contribution is 5.98. The number of nitrogens with zero attached hydrogens (tertiary/aromatic N) is 1. The first-order valence-corrected chi connectivity index (χ1v) is 8.86. The van der Waals surface area contributed by atoms with Gasteiger partial charge in [-0.05, 0) is 54.9 Å². The minimum absolute atomic E-state index is 0.0210. The molecule has 4 aliphatic rings. The third kappa shape index (κ3) is 1.87. The van der Waals surface area contributed by atoms with E-state index < -0.39 is 0 Å². The van der Waals surface area contributed by atoms with Gasteiger partial charge in [0.05, 0.1) is 5.71 Å². The Bertz CT molecular complexity index is 637. The van der Waals surface area contributed by atoms with Crippen molar-refractivity contribution in [2.75, 3.05) is 0 Å². The van der Waals surface area contributed by atoms with Crippen molar-refractivity contribution < 1.29 is 14.8 Å². The van der Waals surface area contributed by atoms with E-state index in [1.807, 2.05) is 0 Å². The van der Waals surface area contributed by atoms with E-state index in [1.54, 1.807) is 6.08 Å². The fourth-order valence-corrected chi connectivity index (χ4v) is 6.35. The molecule has 0 saturated heterocycles. The van der Waals surface area contributed by atoms with Gasteiger partial charge in [-0.2, -0.15) is 0 Å². The van der Waals surface area contributed by atoms with E-state index in [1.165, 1.54) is 0 Å². The summed E-state index contributed by atoms with van der Waals surface area (Å²) in [5.74, 6) is 1.84. The van der Waals surface area contributed by atoms with Crippen LogP contribution in [0.4, 0.5) is 0 Å². The molecule has 0 aromatic rings. The first-order chi connectivity index (χ1) is 10.9. The second kappa shape index (κ2) is 4.78. The van der Waals surface area contributed by atoms with Gasteiger partial charge >= 0.3 is 0 Å². The molecule has 3 saturated carbocycles. The molecule has 3 fully saturated rings. The molecule has 0 heterocycles. The predicted octanol–water partition coefficient (Wildman–Crippen LogP) is 3.38. The molecule has 4 nitrogen and oxygen atoms in total. The Morgan fingerprint density at radius 1 is 1.17 bits per heavy atom. The number of ketones is 2. The van der Waals surface area contributed by atoms with Crippen molar-refractivity contribution in [1.82, 2.24) is 0 Å². The van der Waals surface area contributed by atoms with Gasteiger partial charge in [-0.3, -0.25) is 9.59 Å². The van der Waals surface area contributed by atoms with E-state index in [0.717, 1.165) is 31.4 Å². The normalized spacial score (nSPS) is 50.6. The van der Waals surface area contributed by atoms with Gasteiger partial charge in [-0.25, -0.2) is 0 Å². The van der Waals surface area contributed by atoms with Crippen LogP contribution in [0.15, 0.2) is 17.3 Å². The van der Waals surface area contributed by atoms with Crippen LogP contribution >= 0.6 is 0 Å². The summed E-state index contributed by atoms with van der Waals surface area (Å²) in [5, 5.41) is 13.2. The van der Waals surface area contributed by atoms with Crippen molar-refractivity contribution in [3.63, 3.8) is 0 Å². The number of allylic oxidation sites excluding steroid dienone is 2. The van der Waals surface area contributed by atoms with Crippen molar-refractivity contribution in [3.05, 3.63) is 12.2 Å². The number of oxime groups is 1. The molecule has 0 amide bonds. The Morgan fingerprint density at radius 3 is 2.70 bits per heavy atom. The van der Waals surface area contributed by atoms with Gasteiger partial charge in [0, 0.05) is 24.2 Å². The summed E-state index contributed by atoms with van der Waals surface area (Å²) in [5.41, 5.74) is 0.472. The van der Waals surface area contributed by atoms with Crippen LogP contribution in [0.25, 0.3) is 0 Å². The minimum atomic E-state index is -0.181. The van der Waals surface area contributed by atoms with E-state index in [2.05, 4.69) is 25.1 Å². The second-order valence-corrected chi connectivity index (χ2v) is 8.51. The van der Waals surface area contributed by atoms with Crippen LogP contribution in [-0.2, 0) is 9.59 Å². The average Bonchev–Trinajstić information content (AvgIpc) is 2.83. The van der Waals surface area contributed by atoms with Gasteiger partial charge in [0.2, 0.25) is 0 Å². The molecule has 124 valence electrons. The molecule has 6 atom stereocenters. The highest BCUT2D eigenvalue weighted by Crippen LogP contribution is 2.63. The fraction of sp³-hybridized carbons (Fsp3) is 0.737. The summed E-state index contributed by atoms with van der Waals surface area (Å²) in [4.78, 5) is 24.3. The van der Waals surface area contributed by atoms with Crippen molar-refractivity contribution in [3.8, 4) is 0 Å². The maximum absolute atomic E-state index is 12.4. The number of carbonyl (C=O) groups is 2. The minimum Gasteiger partial charge on any atom is -0.411 e. The van der Waals surface area contributed by atoms with Crippen LogP contribution in [0, 0.1) is 34.5 Å². The van der Waals surface area contributed by atoms with Crippen LogP contribution in [0.1, 0.15) is 52.4 Å². The average molecular weight is 315 g/mol. The molecule has 0 radical (unpaired) electrons. The zero-order valence-electron chi connectivity index (χ0n) is 13.9. The van der Waals surface area contributed by atoms with Gasteiger partial charge in [-0.1, -0.05) is 25.1 Å². The van der Waals surface area contributed by atoms with Crippen LogP contribution in [-0.4, -0.2) is 22.5 Å². The van der Waals surface area contributed by atoms with Crippen molar-refractivity contribution in [2.24, 2.45) is 39.7 Å². The van der Waals surface area contributed by atoms with Crippen LogP contribution < -0.4 is 0 Å². The molecule has 1 unspecified atom stereocenters. The van der Waals surface area contributed by atoms with Crippen LogP contribution in [0.5, 0.6) is 0 Å². The fourth-order valence-electron chi connectivity index (χ4n) is 6.35. The molecule has 4 aliphatic carbocycles. The molecule has 4 rings (SSSR count). The number of hydrogen-bond donors (Lipinski definition) is 1. The monoisotopic (exact) mass is 315 g/mol. The number of fused-ring (bicyclic) bond motifs is 5. The first kappa shape index (κ1) is 15.1. The lowest BCUT2D eigenvalue weighted by Gasteiger charge is -2.57. The summed E-state index contributed by atoms with van der Waals surface area (Å²) in [6, 6.07) is 0. The molecule has 0 aliphatic heterocycles. The SMILES string of the molecule is C[C@]12C=CC(=O)CC1C(=NO)C[C@@H]1[C@H]2CC[C@]2(C)C(=O)CC[C@@H]12. The molecule has 1 N–H and O–H groups in total. The summed E-state index contributed by atoms with van der Waals surface area (Å²) >= 11 is 0. The lowest BCUT2D eigenvalue weighted by molar-refractivity contribution is -0.132. The van der Waals surface area contributed by atoms with Gasteiger partial charge in [0.25, 0.3) is 0 Å². The number of rotatable bonds is 0. The maximum Gasteiger partial charge on any atom is 0.156 e. The Hall–Kier alpha value is -1.45. The lowest BCUT2D eigenvalue weighted by Crippen LogP contribution is -2.55. The standard InChI is InChI=1S/C19H25NO3/c1-18-7-5-11(21)9-15(18)16(20-23)10-12-13-3-4-17(22)19(13,2)8-6-14(12)18/h5,7,12-15,23H,3-4,6,8-10H2,1-2H3/t12-,13-,14+,15?,18+,19-/m0/s1. The number of Topliss-reactive ketones (excluding diaryl/α,β-unsaturated/α-hetero) is 1. The number of hydrogen-bond acceptors (Lipinski definition) is 4.